The number of carbonyl (C=O) groups excluding carboxylic acids is 1. The van der Waals surface area contributed by atoms with Gasteiger partial charge in [0.25, 0.3) is 0 Å². The summed E-state index contributed by atoms with van der Waals surface area (Å²) >= 11 is 0. The van der Waals surface area contributed by atoms with Gasteiger partial charge in [-0.1, -0.05) is 6.92 Å². The zero-order chi connectivity index (χ0) is 14.7. The fraction of sp³-hybridized carbons (Fsp3) is 0.933. The Hall–Kier alpha value is -0.610. The normalized spacial score (nSPS) is 31.5. The molecule has 4 nitrogen and oxygen atoms in total. The molecule has 2 atom stereocenters. The van der Waals surface area contributed by atoms with E-state index < -0.39 is 0 Å². The highest BCUT2D eigenvalue weighted by Crippen LogP contribution is 2.29. The number of methoxy groups -OCH3 is 1. The second-order valence-corrected chi connectivity index (χ2v) is 6.87. The first-order valence-corrected chi connectivity index (χ1v) is 7.01. The topological polar surface area (TPSA) is 44.8 Å². The molecule has 2 saturated heterocycles. The number of rotatable bonds is 1. The first kappa shape index (κ1) is 16.4. The van der Waals surface area contributed by atoms with Crippen LogP contribution in [0.4, 0.5) is 0 Å². The first-order valence-electron chi connectivity index (χ1n) is 7.01. The lowest BCUT2D eigenvalue weighted by Crippen LogP contribution is -2.19. The summed E-state index contributed by atoms with van der Waals surface area (Å²) in [5, 5.41) is 0. The Kier molecular flexibility index (Phi) is 5.39. The van der Waals surface area contributed by atoms with E-state index in [9.17, 15) is 4.79 Å². The fourth-order valence-electron chi connectivity index (χ4n) is 2.68. The van der Waals surface area contributed by atoms with Crippen LogP contribution in [0.2, 0.25) is 0 Å². The molecule has 0 radical (unpaired) electrons. The Morgan fingerprint density at radius 2 is 1.58 bits per heavy atom. The molecular weight excluding hydrogens is 244 g/mol. The molecule has 0 amide bonds. The molecule has 0 aromatic rings. The van der Waals surface area contributed by atoms with E-state index in [2.05, 4.69) is 25.5 Å². The molecule has 0 aromatic carbocycles. The van der Waals surface area contributed by atoms with Crippen molar-refractivity contribution in [1.29, 1.82) is 0 Å². The fourth-order valence-corrected chi connectivity index (χ4v) is 2.68. The van der Waals surface area contributed by atoms with Crippen LogP contribution in [-0.4, -0.2) is 37.5 Å². The lowest BCUT2D eigenvalue weighted by Gasteiger charge is -2.15. The zero-order valence-electron chi connectivity index (χ0n) is 13.1. The summed E-state index contributed by atoms with van der Waals surface area (Å²) in [4.78, 5) is 11.0. The van der Waals surface area contributed by atoms with E-state index in [0.29, 0.717) is 6.61 Å². The summed E-state index contributed by atoms with van der Waals surface area (Å²) in [6, 6.07) is 0. The summed E-state index contributed by atoms with van der Waals surface area (Å²) < 4.78 is 15.4. The lowest BCUT2D eigenvalue weighted by molar-refractivity contribution is -0.145. The molecule has 0 aliphatic carbocycles. The van der Waals surface area contributed by atoms with E-state index in [1.165, 1.54) is 13.5 Å². The number of hydrogen-bond donors (Lipinski definition) is 0. The minimum absolute atomic E-state index is 0.0602. The van der Waals surface area contributed by atoms with E-state index in [-0.39, 0.29) is 23.1 Å². The molecule has 0 spiro atoms. The molecule has 0 N–H and O–H groups in total. The molecular formula is C15H28O4. The van der Waals surface area contributed by atoms with Gasteiger partial charge in [-0.25, -0.2) is 0 Å². The summed E-state index contributed by atoms with van der Waals surface area (Å²) in [5.41, 5.74) is 0.0122. The van der Waals surface area contributed by atoms with Gasteiger partial charge in [-0.2, -0.15) is 0 Å². The van der Waals surface area contributed by atoms with E-state index in [0.717, 1.165) is 18.9 Å². The second kappa shape index (κ2) is 6.23. The standard InChI is InChI=1S/C8H14O3.C7H14O/c1-8(2)4-6(5-11-8)7(9)10-3;1-6-4-7(2,3)8-5-6/h6H,4-5H2,1-3H3;6H,4-5H2,1-3H3/t2*6-/m11/s1. The molecule has 19 heavy (non-hydrogen) atoms. The largest absolute Gasteiger partial charge is 0.469 e. The molecule has 2 aliphatic rings. The monoisotopic (exact) mass is 272 g/mol. The maximum Gasteiger partial charge on any atom is 0.311 e. The molecule has 0 saturated carbocycles. The highest BCUT2D eigenvalue weighted by Gasteiger charge is 2.36. The SMILES string of the molecule is COC(=O)[C@H]1COC(C)(C)C1.C[C@H]1COC(C)(C)C1. The summed E-state index contributed by atoms with van der Waals surface area (Å²) in [7, 11) is 1.41. The molecule has 2 aliphatic heterocycles. The van der Waals surface area contributed by atoms with Crippen LogP contribution < -0.4 is 0 Å². The number of esters is 1. The van der Waals surface area contributed by atoms with Crippen LogP contribution in [0.15, 0.2) is 0 Å². The quantitative estimate of drug-likeness (QED) is 0.689. The lowest BCUT2D eigenvalue weighted by atomic mass is 9.98. The van der Waals surface area contributed by atoms with Crippen LogP contribution in [0.25, 0.3) is 0 Å². The smallest absolute Gasteiger partial charge is 0.311 e. The van der Waals surface area contributed by atoms with Gasteiger partial charge in [-0.3, -0.25) is 4.79 Å². The van der Waals surface area contributed by atoms with Crippen molar-refractivity contribution in [2.75, 3.05) is 20.3 Å². The van der Waals surface area contributed by atoms with Crippen molar-refractivity contribution >= 4 is 5.97 Å². The summed E-state index contributed by atoms with van der Waals surface area (Å²) in [5.74, 6) is 0.551. The van der Waals surface area contributed by atoms with Gasteiger partial charge in [0.1, 0.15) is 0 Å². The minimum Gasteiger partial charge on any atom is -0.469 e. The van der Waals surface area contributed by atoms with Crippen molar-refractivity contribution in [3.05, 3.63) is 0 Å². The second-order valence-electron chi connectivity index (χ2n) is 6.87. The molecule has 112 valence electrons. The first-order chi connectivity index (χ1) is 8.65. The highest BCUT2D eigenvalue weighted by atomic mass is 16.5. The summed E-state index contributed by atoms with van der Waals surface area (Å²) in [6.45, 7) is 11.9. The third-order valence-electron chi connectivity index (χ3n) is 3.55. The van der Waals surface area contributed by atoms with Crippen LogP contribution in [0.3, 0.4) is 0 Å². The highest BCUT2D eigenvalue weighted by molar-refractivity contribution is 5.72. The third kappa shape index (κ3) is 5.49. The zero-order valence-corrected chi connectivity index (χ0v) is 13.1. The van der Waals surface area contributed by atoms with E-state index in [1.54, 1.807) is 0 Å². The van der Waals surface area contributed by atoms with E-state index in [4.69, 9.17) is 9.47 Å². The molecule has 0 bridgehead atoms. The Morgan fingerprint density at radius 3 is 1.84 bits per heavy atom. The molecule has 0 unspecified atom stereocenters. The van der Waals surface area contributed by atoms with Crippen molar-refractivity contribution < 1.29 is 19.0 Å². The van der Waals surface area contributed by atoms with Crippen LogP contribution in [0.5, 0.6) is 0 Å². The predicted molar refractivity (Wildman–Crippen MR) is 74.0 cm³/mol. The van der Waals surface area contributed by atoms with Crippen LogP contribution >= 0.6 is 0 Å². The third-order valence-corrected chi connectivity index (χ3v) is 3.55. The van der Waals surface area contributed by atoms with Gasteiger partial charge in [-0.15, -0.1) is 0 Å². The van der Waals surface area contributed by atoms with Crippen LogP contribution in [0.1, 0.15) is 47.5 Å². The average molecular weight is 272 g/mol. The molecule has 4 heteroatoms. The number of hydrogen-bond acceptors (Lipinski definition) is 4. The van der Waals surface area contributed by atoms with Gasteiger partial charge in [0.05, 0.1) is 30.8 Å². The van der Waals surface area contributed by atoms with E-state index in [1.807, 2.05) is 13.8 Å². The Labute approximate surface area is 116 Å². The predicted octanol–water partition coefficient (Wildman–Crippen LogP) is 2.80. The summed E-state index contributed by atoms with van der Waals surface area (Å²) in [6.07, 6.45) is 1.98. The van der Waals surface area contributed by atoms with Crippen molar-refractivity contribution in [3.63, 3.8) is 0 Å². The maximum atomic E-state index is 11.0. The van der Waals surface area contributed by atoms with Gasteiger partial charge in [0.2, 0.25) is 0 Å². The Bertz CT molecular complexity index is 309. The van der Waals surface area contributed by atoms with E-state index >= 15 is 0 Å². The van der Waals surface area contributed by atoms with Crippen molar-refractivity contribution in [1.82, 2.24) is 0 Å². The van der Waals surface area contributed by atoms with Crippen LogP contribution in [-0.2, 0) is 19.0 Å². The van der Waals surface area contributed by atoms with Crippen molar-refractivity contribution in [2.45, 2.75) is 58.7 Å². The molecule has 2 heterocycles. The van der Waals surface area contributed by atoms with Crippen molar-refractivity contribution in [3.8, 4) is 0 Å². The number of ether oxygens (including phenoxy) is 3. The Balaban J connectivity index is 0.000000200. The number of carbonyl (C=O) groups is 1. The van der Waals surface area contributed by atoms with Gasteiger partial charge in [0.15, 0.2) is 0 Å². The minimum atomic E-state index is -0.157. The van der Waals surface area contributed by atoms with Crippen molar-refractivity contribution in [2.24, 2.45) is 11.8 Å². The average Bonchev–Trinajstić information content (AvgIpc) is 2.81. The van der Waals surface area contributed by atoms with Gasteiger partial charge >= 0.3 is 5.97 Å². The van der Waals surface area contributed by atoms with Crippen LogP contribution in [0, 0.1) is 11.8 Å². The molecule has 0 aromatic heterocycles. The Morgan fingerprint density at radius 1 is 1.05 bits per heavy atom. The molecule has 2 fully saturated rings. The van der Waals surface area contributed by atoms with Gasteiger partial charge in [0, 0.05) is 6.61 Å². The van der Waals surface area contributed by atoms with Gasteiger partial charge in [-0.05, 0) is 46.5 Å². The van der Waals surface area contributed by atoms with Gasteiger partial charge < -0.3 is 14.2 Å². The molecule has 2 rings (SSSR count). The maximum absolute atomic E-state index is 11.0.